The van der Waals surface area contributed by atoms with E-state index < -0.39 is 0 Å². The van der Waals surface area contributed by atoms with E-state index in [0.717, 1.165) is 54.7 Å². The third kappa shape index (κ3) is 2.53. The number of nitriles is 1. The Morgan fingerprint density at radius 3 is 2.88 bits per heavy atom. The Morgan fingerprint density at radius 2 is 2.08 bits per heavy atom. The van der Waals surface area contributed by atoms with Crippen LogP contribution in [0.3, 0.4) is 0 Å². The van der Waals surface area contributed by atoms with E-state index >= 15 is 0 Å². The fourth-order valence-corrected chi connectivity index (χ4v) is 4.06. The molecule has 1 unspecified atom stereocenters. The maximum absolute atomic E-state index is 9.55. The van der Waals surface area contributed by atoms with Gasteiger partial charge in [0.2, 0.25) is 0 Å². The lowest BCUT2D eigenvalue weighted by Gasteiger charge is -2.25. The SMILES string of the molecule is Cc1cccc(C#N)c1-c1nn(C2CCCCO2)c2c1CCCC2. The highest BCUT2D eigenvalue weighted by Crippen LogP contribution is 2.37. The molecule has 4 rings (SSSR count). The second kappa shape index (κ2) is 6.41. The number of aromatic nitrogens is 2. The minimum atomic E-state index is 0.0638. The van der Waals surface area contributed by atoms with Gasteiger partial charge in [-0.2, -0.15) is 10.4 Å². The molecule has 1 aromatic carbocycles. The summed E-state index contributed by atoms with van der Waals surface area (Å²) in [6.07, 6.45) is 7.97. The van der Waals surface area contributed by atoms with Gasteiger partial charge >= 0.3 is 0 Å². The van der Waals surface area contributed by atoms with Gasteiger partial charge in [-0.25, -0.2) is 4.68 Å². The quantitative estimate of drug-likeness (QED) is 0.828. The molecule has 1 saturated heterocycles. The van der Waals surface area contributed by atoms with Gasteiger partial charge < -0.3 is 4.74 Å². The molecule has 2 heterocycles. The first-order valence-corrected chi connectivity index (χ1v) is 9.01. The number of hydrogen-bond acceptors (Lipinski definition) is 3. The molecule has 2 aliphatic rings. The van der Waals surface area contributed by atoms with Crippen molar-refractivity contribution in [2.75, 3.05) is 6.61 Å². The standard InChI is InChI=1S/C20H23N3O/c1-14-7-6-8-15(13-21)19(14)20-16-9-2-3-10-17(16)23(22-20)18-11-4-5-12-24-18/h6-8,18H,2-5,9-12H2,1H3. The van der Waals surface area contributed by atoms with Crippen molar-refractivity contribution >= 4 is 0 Å². The average molecular weight is 321 g/mol. The first kappa shape index (κ1) is 15.4. The second-order valence-electron chi connectivity index (χ2n) is 6.86. The van der Waals surface area contributed by atoms with Crippen molar-refractivity contribution in [2.24, 2.45) is 0 Å². The van der Waals surface area contributed by atoms with Gasteiger partial charge in [-0.3, -0.25) is 0 Å². The van der Waals surface area contributed by atoms with Crippen LogP contribution in [-0.4, -0.2) is 16.4 Å². The average Bonchev–Trinajstić information content (AvgIpc) is 3.01. The van der Waals surface area contributed by atoms with Gasteiger partial charge in [-0.05, 0) is 63.5 Å². The van der Waals surface area contributed by atoms with E-state index in [2.05, 4.69) is 23.7 Å². The summed E-state index contributed by atoms with van der Waals surface area (Å²) in [4.78, 5) is 0. The summed E-state index contributed by atoms with van der Waals surface area (Å²) in [5, 5.41) is 14.6. The Morgan fingerprint density at radius 1 is 1.21 bits per heavy atom. The van der Waals surface area contributed by atoms with Crippen molar-refractivity contribution in [2.45, 2.75) is 58.1 Å². The number of benzene rings is 1. The van der Waals surface area contributed by atoms with E-state index in [0.29, 0.717) is 0 Å². The molecule has 1 aliphatic carbocycles. The topological polar surface area (TPSA) is 50.8 Å². The molecule has 4 nitrogen and oxygen atoms in total. The summed E-state index contributed by atoms with van der Waals surface area (Å²) < 4.78 is 8.14. The maximum atomic E-state index is 9.55. The normalized spacial score (nSPS) is 20.4. The Balaban J connectivity index is 1.88. The van der Waals surface area contributed by atoms with Crippen LogP contribution in [0.1, 0.15) is 60.7 Å². The van der Waals surface area contributed by atoms with Gasteiger partial charge in [-0.1, -0.05) is 12.1 Å². The highest BCUT2D eigenvalue weighted by Gasteiger charge is 2.28. The molecule has 124 valence electrons. The van der Waals surface area contributed by atoms with Crippen LogP contribution in [0.25, 0.3) is 11.3 Å². The van der Waals surface area contributed by atoms with E-state index in [4.69, 9.17) is 9.84 Å². The third-order valence-corrected chi connectivity index (χ3v) is 5.27. The molecule has 0 amide bonds. The molecule has 0 bridgehead atoms. The molecule has 24 heavy (non-hydrogen) atoms. The van der Waals surface area contributed by atoms with Gasteiger partial charge in [-0.15, -0.1) is 0 Å². The molecule has 1 fully saturated rings. The summed E-state index contributed by atoms with van der Waals surface area (Å²) >= 11 is 0. The van der Waals surface area contributed by atoms with E-state index in [-0.39, 0.29) is 6.23 Å². The first-order valence-electron chi connectivity index (χ1n) is 9.01. The third-order valence-electron chi connectivity index (χ3n) is 5.27. The molecule has 2 aromatic rings. The number of rotatable bonds is 2. The highest BCUT2D eigenvalue weighted by molar-refractivity contribution is 5.74. The van der Waals surface area contributed by atoms with Crippen LogP contribution in [0.15, 0.2) is 18.2 Å². The molecule has 1 atom stereocenters. The van der Waals surface area contributed by atoms with Gasteiger partial charge in [0, 0.05) is 23.4 Å². The van der Waals surface area contributed by atoms with E-state index in [1.807, 2.05) is 12.1 Å². The minimum Gasteiger partial charge on any atom is -0.357 e. The summed E-state index contributed by atoms with van der Waals surface area (Å²) in [5.41, 5.74) is 6.52. The van der Waals surface area contributed by atoms with Gasteiger partial charge in [0.25, 0.3) is 0 Å². The number of aryl methyl sites for hydroxylation is 1. The predicted molar refractivity (Wildman–Crippen MR) is 92.6 cm³/mol. The van der Waals surface area contributed by atoms with Crippen molar-refractivity contribution < 1.29 is 4.74 Å². The zero-order valence-electron chi connectivity index (χ0n) is 14.2. The van der Waals surface area contributed by atoms with Crippen LogP contribution in [-0.2, 0) is 17.6 Å². The van der Waals surface area contributed by atoms with Gasteiger partial charge in [0.1, 0.15) is 6.23 Å². The molecule has 1 aliphatic heterocycles. The molecule has 0 spiro atoms. The van der Waals surface area contributed by atoms with Crippen LogP contribution in [0.5, 0.6) is 0 Å². The lowest BCUT2D eigenvalue weighted by Crippen LogP contribution is -2.22. The summed E-state index contributed by atoms with van der Waals surface area (Å²) in [7, 11) is 0. The van der Waals surface area contributed by atoms with Crippen molar-refractivity contribution in [3.8, 4) is 17.3 Å². The fraction of sp³-hybridized carbons (Fsp3) is 0.500. The minimum absolute atomic E-state index is 0.0638. The molecule has 0 saturated carbocycles. The van der Waals surface area contributed by atoms with Crippen molar-refractivity contribution in [3.63, 3.8) is 0 Å². The molecule has 4 heteroatoms. The smallest absolute Gasteiger partial charge is 0.150 e. The van der Waals surface area contributed by atoms with E-state index in [9.17, 15) is 5.26 Å². The predicted octanol–water partition coefficient (Wildman–Crippen LogP) is 4.31. The Labute approximate surface area is 143 Å². The van der Waals surface area contributed by atoms with Crippen molar-refractivity contribution in [1.82, 2.24) is 9.78 Å². The monoisotopic (exact) mass is 321 g/mol. The van der Waals surface area contributed by atoms with E-state index in [1.54, 1.807) is 0 Å². The molecule has 0 radical (unpaired) electrons. The number of fused-ring (bicyclic) bond motifs is 1. The lowest BCUT2D eigenvalue weighted by molar-refractivity contribution is -0.0411. The fourth-order valence-electron chi connectivity index (χ4n) is 4.06. The van der Waals surface area contributed by atoms with Crippen molar-refractivity contribution in [3.05, 3.63) is 40.6 Å². The zero-order chi connectivity index (χ0) is 16.5. The van der Waals surface area contributed by atoms with E-state index in [1.165, 1.54) is 30.5 Å². The van der Waals surface area contributed by atoms with Crippen molar-refractivity contribution in [1.29, 1.82) is 5.26 Å². The lowest BCUT2D eigenvalue weighted by atomic mass is 9.90. The molecule has 1 aromatic heterocycles. The highest BCUT2D eigenvalue weighted by atomic mass is 16.5. The summed E-state index contributed by atoms with van der Waals surface area (Å²) in [6, 6.07) is 8.27. The van der Waals surface area contributed by atoms with Crippen LogP contribution >= 0.6 is 0 Å². The maximum Gasteiger partial charge on any atom is 0.150 e. The van der Waals surface area contributed by atoms with Gasteiger partial charge in [0.15, 0.2) is 0 Å². The summed E-state index contributed by atoms with van der Waals surface area (Å²) in [6.45, 7) is 2.89. The Kier molecular flexibility index (Phi) is 4.12. The Bertz CT molecular complexity index is 794. The zero-order valence-corrected chi connectivity index (χ0v) is 14.2. The number of hydrogen-bond donors (Lipinski definition) is 0. The molecular weight excluding hydrogens is 298 g/mol. The second-order valence-corrected chi connectivity index (χ2v) is 6.86. The summed E-state index contributed by atoms with van der Waals surface area (Å²) in [5.74, 6) is 0. The van der Waals surface area contributed by atoms with Crippen LogP contribution in [0.4, 0.5) is 0 Å². The number of ether oxygens (including phenoxy) is 1. The van der Waals surface area contributed by atoms with Crippen LogP contribution in [0.2, 0.25) is 0 Å². The van der Waals surface area contributed by atoms with Gasteiger partial charge in [0.05, 0.1) is 17.3 Å². The van der Waals surface area contributed by atoms with Crippen LogP contribution in [0, 0.1) is 18.3 Å². The Hall–Kier alpha value is -2.12. The first-order chi connectivity index (χ1) is 11.8. The molecular formula is C20H23N3O. The largest absolute Gasteiger partial charge is 0.357 e. The molecule has 0 N–H and O–H groups in total. The number of nitrogens with zero attached hydrogens (tertiary/aromatic N) is 3. The van der Waals surface area contributed by atoms with Crippen LogP contribution < -0.4 is 0 Å².